The van der Waals surface area contributed by atoms with Crippen LogP contribution in [0.3, 0.4) is 0 Å². The highest BCUT2D eigenvalue weighted by atomic mass is 32.1. The Bertz CT molecular complexity index is 526. The van der Waals surface area contributed by atoms with Crippen LogP contribution < -0.4 is 5.43 Å². The van der Waals surface area contributed by atoms with E-state index in [9.17, 15) is 4.79 Å². The van der Waals surface area contributed by atoms with Gasteiger partial charge in [0.2, 0.25) is 0 Å². The van der Waals surface area contributed by atoms with E-state index in [1.54, 1.807) is 12.1 Å². The molecule has 12 heavy (non-hydrogen) atoms. The molecule has 0 saturated carbocycles. The molecule has 0 spiro atoms. The number of nitrogens with one attached hydrogen (secondary N) is 1. The summed E-state index contributed by atoms with van der Waals surface area (Å²) < 4.78 is 1.35. The standard InChI is InChI=1S/C8H5NOS2/c10-6-4-2-1-3-5-7(6)12-8(11)9-5/h1-4H,(H,9,11). The molecule has 0 radical (unpaired) electrons. The topological polar surface area (TPSA) is 32.9 Å². The van der Waals surface area contributed by atoms with E-state index >= 15 is 0 Å². The molecule has 0 aliphatic heterocycles. The minimum Gasteiger partial charge on any atom is -0.337 e. The van der Waals surface area contributed by atoms with Crippen LogP contribution in [0.15, 0.2) is 29.1 Å². The fourth-order valence-electron chi connectivity index (χ4n) is 1.01. The quantitative estimate of drug-likeness (QED) is 0.654. The third-order valence-corrected chi connectivity index (χ3v) is 2.79. The van der Waals surface area contributed by atoms with Crippen LogP contribution in [-0.2, 0) is 0 Å². The second kappa shape index (κ2) is 2.80. The first-order valence-electron chi connectivity index (χ1n) is 3.39. The minimum atomic E-state index is 0.0207. The van der Waals surface area contributed by atoms with Gasteiger partial charge in [-0.15, -0.1) is 11.3 Å². The monoisotopic (exact) mass is 195 g/mol. The fraction of sp³-hybridized carbons (Fsp3) is 0. The van der Waals surface area contributed by atoms with E-state index in [0.717, 1.165) is 5.52 Å². The van der Waals surface area contributed by atoms with E-state index < -0.39 is 0 Å². The van der Waals surface area contributed by atoms with Crippen molar-refractivity contribution in [2.75, 3.05) is 0 Å². The lowest BCUT2D eigenvalue weighted by molar-refractivity contribution is 1.48. The molecule has 1 heterocycles. The van der Waals surface area contributed by atoms with E-state index in [-0.39, 0.29) is 5.43 Å². The summed E-state index contributed by atoms with van der Waals surface area (Å²) in [5, 5.41) is 0. The van der Waals surface area contributed by atoms with Crippen molar-refractivity contribution in [2.45, 2.75) is 0 Å². The van der Waals surface area contributed by atoms with E-state index in [1.807, 2.05) is 12.1 Å². The van der Waals surface area contributed by atoms with Crippen molar-refractivity contribution in [3.63, 3.8) is 0 Å². The van der Waals surface area contributed by atoms with Crippen molar-refractivity contribution in [1.29, 1.82) is 0 Å². The highest BCUT2D eigenvalue weighted by molar-refractivity contribution is 7.73. The summed E-state index contributed by atoms with van der Waals surface area (Å²) in [4.78, 5) is 14.3. The van der Waals surface area contributed by atoms with Crippen LogP contribution in [-0.4, -0.2) is 4.98 Å². The van der Waals surface area contributed by atoms with Gasteiger partial charge in [-0.3, -0.25) is 4.79 Å². The SMILES string of the molecule is O=c1ccccc2[nH]c(=S)sc12. The molecule has 0 unspecified atom stereocenters. The molecule has 60 valence electrons. The number of rotatable bonds is 0. The fourth-order valence-corrected chi connectivity index (χ4v) is 2.11. The van der Waals surface area contributed by atoms with Gasteiger partial charge in [0.25, 0.3) is 0 Å². The van der Waals surface area contributed by atoms with Gasteiger partial charge in [0.1, 0.15) is 4.70 Å². The summed E-state index contributed by atoms with van der Waals surface area (Å²) in [7, 11) is 0. The average Bonchev–Trinajstić information content (AvgIpc) is 2.33. The maximum Gasteiger partial charge on any atom is 0.197 e. The zero-order chi connectivity index (χ0) is 8.55. The third kappa shape index (κ3) is 1.19. The van der Waals surface area contributed by atoms with Gasteiger partial charge >= 0.3 is 0 Å². The van der Waals surface area contributed by atoms with E-state index in [0.29, 0.717) is 8.65 Å². The van der Waals surface area contributed by atoms with Crippen LogP contribution in [0.2, 0.25) is 0 Å². The van der Waals surface area contributed by atoms with Crippen LogP contribution in [0.25, 0.3) is 10.2 Å². The number of aromatic nitrogens is 1. The van der Waals surface area contributed by atoms with Gasteiger partial charge in [-0.1, -0.05) is 12.1 Å². The van der Waals surface area contributed by atoms with Gasteiger partial charge in [0.15, 0.2) is 9.38 Å². The molecule has 0 saturated heterocycles. The van der Waals surface area contributed by atoms with E-state index in [1.165, 1.54) is 11.3 Å². The third-order valence-electron chi connectivity index (χ3n) is 1.52. The molecule has 0 bridgehead atoms. The molecule has 2 rings (SSSR count). The predicted molar refractivity (Wildman–Crippen MR) is 53.3 cm³/mol. The Hall–Kier alpha value is -1.00. The molecule has 0 atom stereocenters. The smallest absolute Gasteiger partial charge is 0.197 e. The molecule has 1 N–H and O–H groups in total. The molecule has 4 heteroatoms. The normalized spacial score (nSPS) is 10.3. The average molecular weight is 195 g/mol. The van der Waals surface area contributed by atoms with Gasteiger partial charge in [-0.2, -0.15) is 0 Å². The molecule has 0 amide bonds. The predicted octanol–water partition coefficient (Wildman–Crippen LogP) is 2.32. The van der Waals surface area contributed by atoms with E-state index in [2.05, 4.69) is 4.98 Å². The van der Waals surface area contributed by atoms with Crippen LogP contribution in [0, 0.1) is 3.95 Å². The van der Waals surface area contributed by atoms with Gasteiger partial charge in [-0.05, 0) is 24.4 Å². The molecule has 0 fully saturated rings. The molecule has 0 aliphatic carbocycles. The van der Waals surface area contributed by atoms with Crippen LogP contribution >= 0.6 is 23.6 Å². The summed E-state index contributed by atoms with van der Waals surface area (Å²) in [5.41, 5.74) is 0.840. The highest BCUT2D eigenvalue weighted by Crippen LogP contribution is 2.13. The summed E-state index contributed by atoms with van der Waals surface area (Å²) in [6.07, 6.45) is 0. The zero-order valence-electron chi connectivity index (χ0n) is 6.03. The van der Waals surface area contributed by atoms with Crippen LogP contribution in [0.1, 0.15) is 0 Å². The number of H-pyrrole nitrogens is 1. The van der Waals surface area contributed by atoms with Gasteiger partial charge in [0, 0.05) is 0 Å². The number of aromatic amines is 1. The minimum absolute atomic E-state index is 0.0207. The van der Waals surface area contributed by atoms with Crippen molar-refractivity contribution >= 4 is 33.8 Å². The number of fused-ring (bicyclic) bond motifs is 1. The second-order valence-corrected chi connectivity index (χ2v) is 4.03. The summed E-state index contributed by atoms with van der Waals surface area (Å²) in [6.45, 7) is 0. The van der Waals surface area contributed by atoms with Crippen molar-refractivity contribution in [3.05, 3.63) is 38.4 Å². The van der Waals surface area contributed by atoms with Crippen molar-refractivity contribution in [2.24, 2.45) is 0 Å². The Balaban J connectivity index is 3.13. The highest BCUT2D eigenvalue weighted by Gasteiger charge is 1.97. The molecular formula is C8H5NOS2. The number of hydrogen-bond acceptors (Lipinski definition) is 3. The zero-order valence-corrected chi connectivity index (χ0v) is 7.67. The summed E-state index contributed by atoms with van der Waals surface area (Å²) >= 11 is 6.25. The maximum absolute atomic E-state index is 11.3. The molecular weight excluding hydrogens is 190 g/mol. The molecule has 2 nitrogen and oxygen atoms in total. The number of hydrogen-bond donors (Lipinski definition) is 1. The van der Waals surface area contributed by atoms with Gasteiger partial charge in [-0.25, -0.2) is 0 Å². The Morgan fingerprint density at radius 2 is 2.08 bits per heavy atom. The Morgan fingerprint density at radius 3 is 2.92 bits per heavy atom. The van der Waals surface area contributed by atoms with Crippen LogP contribution in [0.4, 0.5) is 0 Å². The van der Waals surface area contributed by atoms with Gasteiger partial charge < -0.3 is 4.98 Å². The van der Waals surface area contributed by atoms with Crippen LogP contribution in [0.5, 0.6) is 0 Å². The summed E-state index contributed by atoms with van der Waals surface area (Å²) in [6, 6.07) is 6.94. The lowest BCUT2D eigenvalue weighted by atomic mass is 10.5. The lowest BCUT2D eigenvalue weighted by Crippen LogP contribution is -1.90. The van der Waals surface area contributed by atoms with Crippen molar-refractivity contribution in [3.8, 4) is 0 Å². The lowest BCUT2D eigenvalue weighted by Gasteiger charge is -1.73. The summed E-state index contributed by atoms with van der Waals surface area (Å²) in [5.74, 6) is 0. The Morgan fingerprint density at radius 1 is 1.33 bits per heavy atom. The van der Waals surface area contributed by atoms with Crippen molar-refractivity contribution < 1.29 is 0 Å². The largest absolute Gasteiger partial charge is 0.337 e. The first-order chi connectivity index (χ1) is 5.77. The Kier molecular flexibility index (Phi) is 1.78. The Labute approximate surface area is 77.5 Å². The van der Waals surface area contributed by atoms with Gasteiger partial charge in [0.05, 0.1) is 5.52 Å². The van der Waals surface area contributed by atoms with E-state index in [4.69, 9.17) is 12.2 Å². The molecule has 1 aromatic carbocycles. The van der Waals surface area contributed by atoms with Crippen molar-refractivity contribution in [1.82, 2.24) is 4.98 Å². The first-order valence-corrected chi connectivity index (χ1v) is 4.62. The second-order valence-electron chi connectivity index (χ2n) is 2.34. The number of thiazole rings is 1. The molecule has 1 aromatic heterocycles. The maximum atomic E-state index is 11.3. The first kappa shape index (κ1) is 7.64. The molecule has 0 aliphatic rings. The molecule has 2 aromatic rings.